The molecule has 1 fully saturated rings. The van der Waals surface area contributed by atoms with Crippen molar-refractivity contribution in [3.05, 3.63) is 35.9 Å². The Morgan fingerprint density at radius 2 is 2.05 bits per heavy atom. The zero-order valence-corrected chi connectivity index (χ0v) is 13.0. The van der Waals surface area contributed by atoms with Gasteiger partial charge in [0.15, 0.2) is 0 Å². The fourth-order valence-corrected chi connectivity index (χ4v) is 2.81. The molecule has 122 valence electrons. The number of rotatable bonds is 4. The lowest BCUT2D eigenvalue weighted by Gasteiger charge is -2.33. The predicted molar refractivity (Wildman–Crippen MR) is 77.4 cm³/mol. The van der Waals surface area contributed by atoms with Crippen molar-refractivity contribution in [3.8, 4) is 0 Å². The van der Waals surface area contributed by atoms with Crippen LogP contribution in [-0.4, -0.2) is 51.0 Å². The minimum absolute atomic E-state index is 0.0145. The number of piperidine rings is 1. The molecule has 0 N–H and O–H groups in total. The summed E-state index contributed by atoms with van der Waals surface area (Å²) in [4.78, 5) is 13.2. The van der Waals surface area contributed by atoms with Crippen molar-refractivity contribution < 1.29 is 26.5 Å². The van der Waals surface area contributed by atoms with Crippen LogP contribution in [-0.2, 0) is 25.6 Å². The fourth-order valence-electron chi connectivity index (χ4n) is 2.18. The van der Waals surface area contributed by atoms with Crippen molar-refractivity contribution in [1.82, 2.24) is 4.90 Å². The van der Waals surface area contributed by atoms with Crippen LogP contribution in [0.5, 0.6) is 0 Å². The highest BCUT2D eigenvalue weighted by atomic mass is 32.2. The van der Waals surface area contributed by atoms with Crippen LogP contribution < -0.4 is 0 Å². The molecule has 2 rings (SSSR count). The minimum Gasteiger partial charge on any atom is -0.445 e. The number of carbonyl (C=O) groups is 1. The molecule has 1 amide bonds. The summed E-state index contributed by atoms with van der Waals surface area (Å²) in [5.41, 5.74) is 0.833. The van der Waals surface area contributed by atoms with Gasteiger partial charge in [-0.25, -0.2) is 9.18 Å². The van der Waals surface area contributed by atoms with Crippen molar-refractivity contribution in [2.24, 2.45) is 0 Å². The highest BCUT2D eigenvalue weighted by Gasteiger charge is 2.35. The predicted octanol–water partition coefficient (Wildman–Crippen LogP) is 1.71. The third kappa shape index (κ3) is 4.96. The first-order chi connectivity index (χ1) is 10.3. The van der Waals surface area contributed by atoms with Gasteiger partial charge in [-0.05, 0) is 12.0 Å². The summed E-state index contributed by atoms with van der Waals surface area (Å²) in [7, 11) is -3.78. The SMILES string of the molecule is CS(=O)(=O)OC1CN(C(=O)OCc2ccccc2)CCC1F. The van der Waals surface area contributed by atoms with Gasteiger partial charge >= 0.3 is 6.09 Å². The van der Waals surface area contributed by atoms with Crippen molar-refractivity contribution >= 4 is 16.2 Å². The van der Waals surface area contributed by atoms with Crippen LogP contribution in [0.15, 0.2) is 30.3 Å². The van der Waals surface area contributed by atoms with E-state index in [1.54, 1.807) is 0 Å². The lowest BCUT2D eigenvalue weighted by atomic mass is 10.1. The standard InChI is InChI=1S/C14H18FNO5S/c1-22(18,19)21-13-9-16(8-7-12(13)15)14(17)20-10-11-5-3-2-4-6-11/h2-6,12-13H,7-10H2,1H3. The Kier molecular flexibility index (Phi) is 5.36. The molecular weight excluding hydrogens is 313 g/mol. The van der Waals surface area contributed by atoms with Gasteiger partial charge in [0.1, 0.15) is 18.9 Å². The number of likely N-dealkylation sites (tertiary alicyclic amines) is 1. The molecule has 1 saturated heterocycles. The van der Waals surface area contributed by atoms with Crippen molar-refractivity contribution in [1.29, 1.82) is 0 Å². The van der Waals surface area contributed by atoms with E-state index in [4.69, 9.17) is 4.74 Å². The molecule has 8 heteroatoms. The van der Waals surface area contributed by atoms with Crippen LogP contribution in [0.3, 0.4) is 0 Å². The summed E-state index contributed by atoms with van der Waals surface area (Å²) >= 11 is 0. The average Bonchev–Trinajstić information content (AvgIpc) is 2.47. The van der Waals surface area contributed by atoms with Gasteiger partial charge in [-0.1, -0.05) is 30.3 Å². The van der Waals surface area contributed by atoms with Crippen LogP contribution in [0.25, 0.3) is 0 Å². The van der Waals surface area contributed by atoms with Gasteiger partial charge in [-0.2, -0.15) is 8.42 Å². The van der Waals surface area contributed by atoms with E-state index in [2.05, 4.69) is 4.18 Å². The second kappa shape index (κ2) is 7.06. The summed E-state index contributed by atoms with van der Waals surface area (Å²) in [6.07, 6.45) is -2.36. The molecule has 2 atom stereocenters. The number of amides is 1. The van der Waals surface area contributed by atoms with E-state index in [1.807, 2.05) is 30.3 Å². The molecule has 0 aliphatic carbocycles. The summed E-state index contributed by atoms with van der Waals surface area (Å²) in [6.45, 7) is 0.118. The van der Waals surface area contributed by atoms with Gasteiger partial charge in [0.25, 0.3) is 10.1 Å². The van der Waals surface area contributed by atoms with E-state index in [9.17, 15) is 17.6 Å². The third-order valence-electron chi connectivity index (χ3n) is 3.24. The molecule has 1 aliphatic rings. The zero-order valence-electron chi connectivity index (χ0n) is 12.1. The number of ether oxygens (including phenoxy) is 1. The van der Waals surface area contributed by atoms with E-state index >= 15 is 0 Å². The fraction of sp³-hybridized carbons (Fsp3) is 0.500. The van der Waals surface area contributed by atoms with Gasteiger partial charge in [-0.15, -0.1) is 0 Å². The maximum Gasteiger partial charge on any atom is 0.410 e. The highest BCUT2D eigenvalue weighted by molar-refractivity contribution is 7.86. The smallest absolute Gasteiger partial charge is 0.410 e. The molecule has 0 spiro atoms. The maximum atomic E-state index is 13.7. The Bertz CT molecular complexity index is 607. The molecule has 0 radical (unpaired) electrons. The quantitative estimate of drug-likeness (QED) is 0.786. The van der Waals surface area contributed by atoms with Crippen molar-refractivity contribution in [2.45, 2.75) is 25.3 Å². The number of alkyl halides is 1. The summed E-state index contributed by atoms with van der Waals surface area (Å²) in [5.74, 6) is 0. The second-order valence-corrected chi connectivity index (χ2v) is 6.73. The molecule has 0 bridgehead atoms. The van der Waals surface area contributed by atoms with E-state index in [0.717, 1.165) is 11.8 Å². The van der Waals surface area contributed by atoms with Gasteiger partial charge in [0.05, 0.1) is 12.8 Å². The van der Waals surface area contributed by atoms with Crippen LogP contribution in [0.4, 0.5) is 9.18 Å². The Morgan fingerprint density at radius 1 is 1.36 bits per heavy atom. The lowest BCUT2D eigenvalue weighted by molar-refractivity contribution is 0.0158. The largest absolute Gasteiger partial charge is 0.445 e. The zero-order chi connectivity index (χ0) is 16.2. The summed E-state index contributed by atoms with van der Waals surface area (Å²) in [6, 6.07) is 9.14. The maximum absolute atomic E-state index is 13.7. The van der Waals surface area contributed by atoms with Crippen LogP contribution >= 0.6 is 0 Å². The van der Waals surface area contributed by atoms with Crippen LogP contribution in [0, 0.1) is 0 Å². The molecule has 1 heterocycles. The average molecular weight is 331 g/mol. The molecule has 2 unspecified atom stereocenters. The highest BCUT2D eigenvalue weighted by Crippen LogP contribution is 2.19. The molecule has 0 saturated carbocycles. The van der Waals surface area contributed by atoms with E-state index in [0.29, 0.717) is 0 Å². The molecular formula is C14H18FNO5S. The normalized spacial score (nSPS) is 22.4. The number of nitrogens with zero attached hydrogens (tertiary/aromatic N) is 1. The molecule has 22 heavy (non-hydrogen) atoms. The minimum atomic E-state index is -3.78. The number of carbonyl (C=O) groups excluding carboxylic acids is 1. The topological polar surface area (TPSA) is 72.9 Å². The van der Waals surface area contributed by atoms with Gasteiger partial charge in [0.2, 0.25) is 0 Å². The Hall–Kier alpha value is -1.67. The number of halogens is 1. The number of benzene rings is 1. The molecule has 1 aromatic rings. The lowest BCUT2D eigenvalue weighted by Crippen LogP contribution is -2.49. The molecule has 1 aliphatic heterocycles. The third-order valence-corrected chi connectivity index (χ3v) is 3.84. The Labute approximate surface area is 128 Å². The molecule has 0 aromatic heterocycles. The van der Waals surface area contributed by atoms with Crippen molar-refractivity contribution in [2.75, 3.05) is 19.3 Å². The first-order valence-electron chi connectivity index (χ1n) is 6.83. The first-order valence-corrected chi connectivity index (χ1v) is 8.65. The van der Waals surface area contributed by atoms with E-state index in [-0.39, 0.29) is 26.1 Å². The number of hydrogen-bond acceptors (Lipinski definition) is 5. The Morgan fingerprint density at radius 3 is 2.68 bits per heavy atom. The van der Waals surface area contributed by atoms with Gasteiger partial charge < -0.3 is 9.64 Å². The van der Waals surface area contributed by atoms with Gasteiger partial charge in [-0.3, -0.25) is 4.18 Å². The number of hydrogen-bond donors (Lipinski definition) is 0. The van der Waals surface area contributed by atoms with Crippen LogP contribution in [0.2, 0.25) is 0 Å². The first kappa shape index (κ1) is 16.7. The monoisotopic (exact) mass is 331 g/mol. The summed E-state index contributed by atoms with van der Waals surface area (Å²) < 4.78 is 45.7. The van der Waals surface area contributed by atoms with Gasteiger partial charge in [0, 0.05) is 6.54 Å². The van der Waals surface area contributed by atoms with Crippen molar-refractivity contribution in [3.63, 3.8) is 0 Å². The van der Waals surface area contributed by atoms with E-state index in [1.165, 1.54) is 4.90 Å². The molecule has 6 nitrogen and oxygen atoms in total. The molecule has 1 aromatic carbocycles. The van der Waals surface area contributed by atoms with Crippen LogP contribution in [0.1, 0.15) is 12.0 Å². The van der Waals surface area contributed by atoms with E-state index < -0.39 is 28.5 Å². The Balaban J connectivity index is 1.90. The second-order valence-electron chi connectivity index (χ2n) is 5.13. The summed E-state index contributed by atoms with van der Waals surface area (Å²) in [5, 5.41) is 0.